The topological polar surface area (TPSA) is 71.3 Å². The van der Waals surface area contributed by atoms with E-state index in [2.05, 4.69) is 21.2 Å². The quantitative estimate of drug-likeness (QED) is 0.241. The first-order chi connectivity index (χ1) is 16.0. The number of hydrogen-bond donors (Lipinski definition) is 1. The van der Waals surface area contributed by atoms with Gasteiger partial charge in [-0.2, -0.15) is 5.26 Å². The van der Waals surface area contributed by atoms with E-state index in [1.54, 1.807) is 42.5 Å². The van der Waals surface area contributed by atoms with Gasteiger partial charge in [0.25, 0.3) is 5.91 Å². The first kappa shape index (κ1) is 24.4. The first-order valence-corrected chi connectivity index (χ1v) is 11.5. The molecule has 0 bridgehead atoms. The Morgan fingerprint density at radius 1 is 1.09 bits per heavy atom. The molecule has 168 valence electrons. The fourth-order valence-corrected chi connectivity index (χ4v) is 3.30. The average Bonchev–Trinajstić information content (AvgIpc) is 2.82. The molecule has 1 amide bonds. The molecule has 0 aliphatic heterocycles. The van der Waals surface area contributed by atoms with Gasteiger partial charge in [-0.1, -0.05) is 46.6 Å². The van der Waals surface area contributed by atoms with Crippen molar-refractivity contribution in [3.63, 3.8) is 0 Å². The van der Waals surface area contributed by atoms with Gasteiger partial charge in [0.1, 0.15) is 29.7 Å². The number of hydrogen-bond acceptors (Lipinski definition) is 4. The van der Waals surface area contributed by atoms with Crippen molar-refractivity contribution in [3.05, 3.63) is 92.9 Å². The molecular weight excluding hydrogens is 504 g/mol. The normalized spacial score (nSPS) is 10.9. The third-order valence-corrected chi connectivity index (χ3v) is 5.29. The summed E-state index contributed by atoms with van der Waals surface area (Å²) in [5.41, 5.74) is 2.10. The van der Waals surface area contributed by atoms with Gasteiger partial charge < -0.3 is 14.8 Å². The van der Waals surface area contributed by atoms with Gasteiger partial charge >= 0.3 is 0 Å². The highest BCUT2D eigenvalue weighted by Crippen LogP contribution is 2.26. The molecule has 0 spiro atoms. The number of benzene rings is 3. The van der Waals surface area contributed by atoms with Gasteiger partial charge in [0.05, 0.1) is 6.61 Å². The summed E-state index contributed by atoms with van der Waals surface area (Å²) in [5, 5.41) is 12.8. The number of nitriles is 1. The van der Waals surface area contributed by atoms with Crippen molar-refractivity contribution in [2.24, 2.45) is 0 Å². The van der Waals surface area contributed by atoms with Crippen LogP contribution >= 0.6 is 27.5 Å². The third kappa shape index (κ3) is 7.38. The van der Waals surface area contributed by atoms with Crippen molar-refractivity contribution in [3.8, 4) is 17.6 Å². The summed E-state index contributed by atoms with van der Waals surface area (Å²) in [6.07, 6.45) is 2.31. The predicted octanol–water partition coefficient (Wildman–Crippen LogP) is 7.02. The maximum absolute atomic E-state index is 12.7. The maximum Gasteiger partial charge on any atom is 0.266 e. The molecule has 0 aromatic heterocycles. The fraction of sp³-hybridized carbons (Fsp3) is 0.154. The lowest BCUT2D eigenvalue weighted by molar-refractivity contribution is -0.112. The zero-order chi connectivity index (χ0) is 23.6. The van der Waals surface area contributed by atoms with Crippen LogP contribution < -0.4 is 14.8 Å². The largest absolute Gasteiger partial charge is 0.493 e. The number of carbonyl (C=O) groups is 1. The van der Waals surface area contributed by atoms with Gasteiger partial charge in [0.2, 0.25) is 0 Å². The minimum Gasteiger partial charge on any atom is -0.493 e. The Hall–Kier alpha value is -3.27. The number of anilines is 1. The highest BCUT2D eigenvalue weighted by molar-refractivity contribution is 9.10. The minimum absolute atomic E-state index is 0.0609. The second-order valence-corrected chi connectivity index (χ2v) is 8.45. The molecule has 0 unspecified atom stereocenters. The number of amides is 1. The van der Waals surface area contributed by atoms with Crippen molar-refractivity contribution in [1.82, 2.24) is 0 Å². The van der Waals surface area contributed by atoms with Crippen LogP contribution in [0.3, 0.4) is 0 Å². The Kier molecular flexibility index (Phi) is 8.94. The van der Waals surface area contributed by atoms with E-state index in [-0.39, 0.29) is 5.57 Å². The molecule has 0 saturated carbocycles. The Labute approximate surface area is 206 Å². The minimum atomic E-state index is -0.526. The average molecular weight is 526 g/mol. The fourth-order valence-electron chi connectivity index (χ4n) is 2.86. The van der Waals surface area contributed by atoms with Crippen LogP contribution in [-0.4, -0.2) is 12.5 Å². The van der Waals surface area contributed by atoms with Crippen LogP contribution in [0.2, 0.25) is 5.02 Å². The summed E-state index contributed by atoms with van der Waals surface area (Å²) >= 11 is 9.50. The molecule has 7 heteroatoms. The molecule has 1 N–H and O–H groups in total. The lowest BCUT2D eigenvalue weighted by Crippen LogP contribution is -2.13. The van der Waals surface area contributed by atoms with Crippen LogP contribution in [0.1, 0.15) is 24.5 Å². The van der Waals surface area contributed by atoms with Gasteiger partial charge in [-0.3, -0.25) is 4.79 Å². The van der Waals surface area contributed by atoms with Crippen LogP contribution in [0.15, 0.2) is 76.8 Å². The molecule has 0 aliphatic carbocycles. The molecule has 0 aliphatic rings. The molecule has 0 atom stereocenters. The Morgan fingerprint density at radius 2 is 1.82 bits per heavy atom. The van der Waals surface area contributed by atoms with Gasteiger partial charge in [0, 0.05) is 20.7 Å². The summed E-state index contributed by atoms with van der Waals surface area (Å²) < 4.78 is 12.5. The summed E-state index contributed by atoms with van der Waals surface area (Å²) in [6.45, 7) is 2.95. The highest BCUT2D eigenvalue weighted by atomic mass is 79.9. The predicted molar refractivity (Wildman–Crippen MR) is 134 cm³/mol. The molecule has 0 fully saturated rings. The molecular formula is C26H22BrClN2O3. The van der Waals surface area contributed by atoms with Crippen molar-refractivity contribution in [2.45, 2.75) is 20.0 Å². The number of nitrogens with one attached hydrogen (secondary N) is 1. The Morgan fingerprint density at radius 3 is 2.48 bits per heavy atom. The molecule has 5 nitrogen and oxygen atoms in total. The van der Waals surface area contributed by atoms with E-state index in [9.17, 15) is 10.1 Å². The number of halogens is 2. The van der Waals surface area contributed by atoms with E-state index in [0.717, 1.165) is 16.5 Å². The number of carbonyl (C=O) groups excluding carboxylic acids is 1. The standard InChI is InChI=1S/C26H22BrClN2O3/c1-2-13-32-25-12-7-22(28)15-19(25)14-20(16-29)26(31)30-23-8-10-24(11-9-23)33-17-18-3-5-21(27)6-4-18/h3-12,14-15H,2,13,17H2,1H3,(H,30,31)/b20-14+. The molecule has 3 rings (SSSR count). The molecule has 0 saturated heterocycles. The molecule has 3 aromatic rings. The van der Waals surface area contributed by atoms with Crippen LogP contribution in [0.4, 0.5) is 5.69 Å². The summed E-state index contributed by atoms with van der Waals surface area (Å²) in [6, 6.07) is 21.9. The van der Waals surface area contributed by atoms with Crippen molar-refractivity contribution in [2.75, 3.05) is 11.9 Å². The van der Waals surface area contributed by atoms with E-state index in [1.807, 2.05) is 37.3 Å². The van der Waals surface area contributed by atoms with Gasteiger partial charge in [0.15, 0.2) is 0 Å². The van der Waals surface area contributed by atoms with E-state index < -0.39 is 5.91 Å². The van der Waals surface area contributed by atoms with Crippen molar-refractivity contribution >= 4 is 45.2 Å². The van der Waals surface area contributed by atoms with Crippen LogP contribution in [-0.2, 0) is 11.4 Å². The number of ether oxygens (including phenoxy) is 2. The first-order valence-electron chi connectivity index (χ1n) is 10.3. The maximum atomic E-state index is 12.7. The van der Waals surface area contributed by atoms with Gasteiger partial charge in [-0.05, 0) is 72.7 Å². The van der Waals surface area contributed by atoms with Gasteiger partial charge in [-0.15, -0.1) is 0 Å². The summed E-state index contributed by atoms with van der Waals surface area (Å²) in [5.74, 6) is 0.708. The van der Waals surface area contributed by atoms with Crippen LogP contribution in [0.5, 0.6) is 11.5 Å². The second kappa shape index (κ2) is 12.1. The monoisotopic (exact) mass is 524 g/mol. The summed E-state index contributed by atoms with van der Waals surface area (Å²) in [7, 11) is 0. The van der Waals surface area contributed by atoms with E-state index in [1.165, 1.54) is 6.08 Å². The molecule has 0 radical (unpaired) electrons. The third-order valence-electron chi connectivity index (χ3n) is 4.53. The number of rotatable bonds is 9. The van der Waals surface area contributed by atoms with E-state index >= 15 is 0 Å². The Balaban J connectivity index is 1.66. The lowest BCUT2D eigenvalue weighted by Gasteiger charge is -2.10. The zero-order valence-electron chi connectivity index (χ0n) is 18.0. The molecule has 33 heavy (non-hydrogen) atoms. The highest BCUT2D eigenvalue weighted by Gasteiger charge is 2.12. The van der Waals surface area contributed by atoms with Crippen molar-refractivity contribution < 1.29 is 14.3 Å². The lowest BCUT2D eigenvalue weighted by atomic mass is 10.1. The second-order valence-electron chi connectivity index (χ2n) is 7.09. The van der Waals surface area contributed by atoms with Crippen LogP contribution in [0.25, 0.3) is 6.08 Å². The summed E-state index contributed by atoms with van der Waals surface area (Å²) in [4.78, 5) is 12.7. The van der Waals surface area contributed by atoms with Crippen LogP contribution in [0, 0.1) is 11.3 Å². The van der Waals surface area contributed by atoms with Gasteiger partial charge in [-0.25, -0.2) is 0 Å². The zero-order valence-corrected chi connectivity index (χ0v) is 20.3. The smallest absolute Gasteiger partial charge is 0.266 e. The molecule has 0 heterocycles. The molecule has 3 aromatic carbocycles. The van der Waals surface area contributed by atoms with Crippen molar-refractivity contribution in [1.29, 1.82) is 5.26 Å². The number of nitrogens with zero attached hydrogens (tertiary/aromatic N) is 1. The van der Waals surface area contributed by atoms with E-state index in [0.29, 0.717) is 41.0 Å². The van der Waals surface area contributed by atoms with E-state index in [4.69, 9.17) is 21.1 Å². The Bertz CT molecular complexity index is 1170. The SMILES string of the molecule is CCCOc1ccc(Cl)cc1/C=C(\C#N)C(=O)Nc1ccc(OCc2ccc(Br)cc2)cc1.